The van der Waals surface area contributed by atoms with Crippen molar-refractivity contribution in [3.8, 4) is 11.8 Å². The lowest BCUT2D eigenvalue weighted by atomic mass is 10.1. The first-order valence-corrected chi connectivity index (χ1v) is 6.74. The Hall–Kier alpha value is -2.58. The zero-order valence-corrected chi connectivity index (χ0v) is 12.0. The van der Waals surface area contributed by atoms with Gasteiger partial charge in [0.1, 0.15) is 5.82 Å². The Balaban J connectivity index is 1.92. The van der Waals surface area contributed by atoms with Crippen molar-refractivity contribution in [1.82, 2.24) is 14.9 Å². The van der Waals surface area contributed by atoms with Crippen LogP contribution in [0.4, 0.5) is 0 Å². The summed E-state index contributed by atoms with van der Waals surface area (Å²) in [5, 5.41) is 2.88. The van der Waals surface area contributed by atoms with E-state index in [1.807, 2.05) is 29.9 Å². The van der Waals surface area contributed by atoms with Gasteiger partial charge in [-0.1, -0.05) is 17.9 Å². The average molecular weight is 282 g/mol. The van der Waals surface area contributed by atoms with E-state index in [2.05, 4.69) is 22.1 Å². The molecule has 0 atom stereocenters. The third kappa shape index (κ3) is 4.20. The van der Waals surface area contributed by atoms with Gasteiger partial charge in [0.05, 0.1) is 6.54 Å². The summed E-state index contributed by atoms with van der Waals surface area (Å²) in [4.78, 5) is 16.3. The number of amides is 1. The highest BCUT2D eigenvalue weighted by molar-refractivity contribution is 5.94. The molecule has 0 saturated carbocycles. The van der Waals surface area contributed by atoms with E-state index < -0.39 is 0 Å². The molecule has 0 spiro atoms. The number of carbonyl (C=O) groups excluding carboxylic acids is 1. The maximum atomic E-state index is 12.1. The topological polar surface area (TPSA) is 72.9 Å². The van der Waals surface area contributed by atoms with Crippen LogP contribution in [0.5, 0.6) is 0 Å². The van der Waals surface area contributed by atoms with Gasteiger partial charge in [0.25, 0.3) is 5.91 Å². The summed E-state index contributed by atoms with van der Waals surface area (Å²) in [6.45, 7) is 0.850. The minimum absolute atomic E-state index is 0.111. The summed E-state index contributed by atoms with van der Waals surface area (Å²) < 4.78 is 1.94. The van der Waals surface area contributed by atoms with Crippen molar-refractivity contribution in [3.63, 3.8) is 0 Å². The van der Waals surface area contributed by atoms with Gasteiger partial charge < -0.3 is 15.6 Å². The van der Waals surface area contributed by atoms with Crippen molar-refractivity contribution >= 4 is 5.91 Å². The third-order valence-corrected chi connectivity index (χ3v) is 3.01. The third-order valence-electron chi connectivity index (χ3n) is 3.01. The fourth-order valence-corrected chi connectivity index (χ4v) is 1.92. The van der Waals surface area contributed by atoms with E-state index in [1.54, 1.807) is 18.3 Å². The monoisotopic (exact) mass is 282 g/mol. The number of aromatic nitrogens is 2. The van der Waals surface area contributed by atoms with Gasteiger partial charge >= 0.3 is 0 Å². The average Bonchev–Trinajstić information content (AvgIpc) is 2.91. The molecule has 0 saturated heterocycles. The number of nitrogens with two attached hydrogens (primary N) is 1. The lowest BCUT2D eigenvalue weighted by molar-refractivity contribution is 0.0954. The van der Waals surface area contributed by atoms with Crippen LogP contribution in [0.1, 0.15) is 21.7 Å². The first-order chi connectivity index (χ1) is 10.2. The summed E-state index contributed by atoms with van der Waals surface area (Å²) in [6.07, 6.45) is 4.33. The highest BCUT2D eigenvalue weighted by Crippen LogP contribution is 2.04. The molecule has 0 aliphatic rings. The highest BCUT2D eigenvalue weighted by atomic mass is 16.1. The number of carbonyl (C=O) groups is 1. The Morgan fingerprint density at radius 1 is 1.48 bits per heavy atom. The van der Waals surface area contributed by atoms with E-state index in [0.717, 1.165) is 11.4 Å². The lowest BCUT2D eigenvalue weighted by Gasteiger charge is -2.06. The van der Waals surface area contributed by atoms with Gasteiger partial charge in [0.15, 0.2) is 0 Å². The number of benzene rings is 1. The van der Waals surface area contributed by atoms with Crippen molar-refractivity contribution in [3.05, 3.63) is 53.6 Å². The van der Waals surface area contributed by atoms with Crippen molar-refractivity contribution < 1.29 is 4.79 Å². The van der Waals surface area contributed by atoms with E-state index >= 15 is 0 Å². The minimum atomic E-state index is -0.111. The molecule has 0 aliphatic carbocycles. The second kappa shape index (κ2) is 7.27. The maximum Gasteiger partial charge on any atom is 0.251 e. The summed E-state index contributed by atoms with van der Waals surface area (Å²) in [7, 11) is 1.93. The van der Waals surface area contributed by atoms with Gasteiger partial charge in [-0.05, 0) is 18.2 Å². The zero-order valence-electron chi connectivity index (χ0n) is 12.0. The maximum absolute atomic E-state index is 12.1. The predicted molar refractivity (Wildman–Crippen MR) is 81.6 cm³/mol. The van der Waals surface area contributed by atoms with Crippen LogP contribution in [0, 0.1) is 11.8 Å². The SMILES string of the molecule is Cn1ccnc1CCNC(=O)c1cccc(C#CCN)c1. The van der Waals surface area contributed by atoms with Gasteiger partial charge in [-0.15, -0.1) is 0 Å². The molecule has 0 fully saturated rings. The van der Waals surface area contributed by atoms with Gasteiger partial charge in [-0.3, -0.25) is 4.79 Å². The molecule has 1 aromatic heterocycles. The molecule has 1 aromatic carbocycles. The van der Waals surface area contributed by atoms with Crippen LogP contribution in [0.25, 0.3) is 0 Å². The summed E-state index contributed by atoms with van der Waals surface area (Å²) >= 11 is 0. The predicted octanol–water partition coefficient (Wildman–Crippen LogP) is 0.703. The Morgan fingerprint density at radius 3 is 3.05 bits per heavy atom. The molecule has 2 aromatic rings. The molecule has 1 heterocycles. The Labute approximate surface area is 124 Å². The van der Waals surface area contributed by atoms with Crippen LogP contribution in [0.3, 0.4) is 0 Å². The second-order valence-corrected chi connectivity index (χ2v) is 4.55. The molecular weight excluding hydrogens is 264 g/mol. The number of nitrogens with one attached hydrogen (secondary N) is 1. The molecule has 1 amide bonds. The standard InChI is InChI=1S/C16H18N4O/c1-20-11-10-18-15(20)7-9-19-16(21)14-6-2-4-13(12-14)5-3-8-17/h2,4,6,10-12H,7-9,17H2,1H3,(H,19,21). The fraction of sp³-hybridized carbons (Fsp3) is 0.250. The van der Waals surface area contributed by atoms with E-state index in [4.69, 9.17) is 5.73 Å². The molecule has 0 radical (unpaired) electrons. The molecule has 3 N–H and O–H groups in total. The van der Waals surface area contributed by atoms with Gasteiger partial charge in [-0.25, -0.2) is 4.98 Å². The van der Waals surface area contributed by atoms with Crippen LogP contribution >= 0.6 is 0 Å². The van der Waals surface area contributed by atoms with Crippen molar-refractivity contribution in [2.24, 2.45) is 12.8 Å². The van der Waals surface area contributed by atoms with Gasteiger partial charge in [0, 0.05) is 43.5 Å². The number of hydrogen-bond acceptors (Lipinski definition) is 3. The number of hydrogen-bond donors (Lipinski definition) is 2. The molecule has 2 rings (SSSR count). The van der Waals surface area contributed by atoms with Crippen molar-refractivity contribution in [1.29, 1.82) is 0 Å². The van der Waals surface area contributed by atoms with E-state index in [1.165, 1.54) is 0 Å². The van der Waals surface area contributed by atoms with Crippen LogP contribution < -0.4 is 11.1 Å². The highest BCUT2D eigenvalue weighted by Gasteiger charge is 2.06. The molecule has 108 valence electrons. The zero-order chi connectivity index (χ0) is 15.1. The number of nitrogens with zero attached hydrogens (tertiary/aromatic N) is 2. The lowest BCUT2D eigenvalue weighted by Crippen LogP contribution is -2.26. The molecule has 21 heavy (non-hydrogen) atoms. The number of aryl methyl sites for hydroxylation is 1. The fourth-order valence-electron chi connectivity index (χ4n) is 1.92. The normalized spacial score (nSPS) is 9.81. The van der Waals surface area contributed by atoms with Crippen LogP contribution in [0.15, 0.2) is 36.7 Å². The van der Waals surface area contributed by atoms with Gasteiger partial charge in [0.2, 0.25) is 0 Å². The molecule has 0 aliphatic heterocycles. The number of imidazole rings is 1. The van der Waals surface area contributed by atoms with E-state index in [-0.39, 0.29) is 5.91 Å². The second-order valence-electron chi connectivity index (χ2n) is 4.55. The minimum Gasteiger partial charge on any atom is -0.352 e. The smallest absolute Gasteiger partial charge is 0.251 e. The summed E-state index contributed by atoms with van der Waals surface area (Å²) in [5.74, 6) is 6.52. The Kier molecular flexibility index (Phi) is 5.13. The van der Waals surface area contributed by atoms with Gasteiger partial charge in [-0.2, -0.15) is 0 Å². The molecular formula is C16H18N4O. The van der Waals surface area contributed by atoms with Crippen LogP contribution in [0.2, 0.25) is 0 Å². The molecule has 5 heteroatoms. The van der Waals surface area contributed by atoms with Crippen molar-refractivity contribution in [2.75, 3.05) is 13.1 Å². The summed E-state index contributed by atoms with van der Waals surface area (Å²) in [6, 6.07) is 7.20. The van der Waals surface area contributed by atoms with E-state index in [0.29, 0.717) is 25.1 Å². The summed E-state index contributed by atoms with van der Waals surface area (Å²) in [5.41, 5.74) is 6.72. The first kappa shape index (κ1) is 14.8. The molecule has 0 unspecified atom stereocenters. The quantitative estimate of drug-likeness (QED) is 0.811. The van der Waals surface area contributed by atoms with Crippen LogP contribution in [-0.4, -0.2) is 28.5 Å². The molecule has 0 bridgehead atoms. The van der Waals surface area contributed by atoms with Crippen LogP contribution in [-0.2, 0) is 13.5 Å². The van der Waals surface area contributed by atoms with Crippen molar-refractivity contribution in [2.45, 2.75) is 6.42 Å². The molecule has 5 nitrogen and oxygen atoms in total. The first-order valence-electron chi connectivity index (χ1n) is 6.74. The Morgan fingerprint density at radius 2 is 2.33 bits per heavy atom. The Bertz CT molecular complexity index is 679. The largest absolute Gasteiger partial charge is 0.352 e. The van der Waals surface area contributed by atoms with E-state index in [9.17, 15) is 4.79 Å². The number of rotatable bonds is 4.